The van der Waals surface area contributed by atoms with E-state index in [1.54, 1.807) is 6.26 Å². The molecule has 0 saturated heterocycles. The minimum Gasteiger partial charge on any atom is -0.461 e. The van der Waals surface area contributed by atoms with Crippen LogP contribution in [0.4, 0.5) is 0 Å². The number of nitrogens with one attached hydrogen (secondary N) is 1. The van der Waals surface area contributed by atoms with Crippen LogP contribution in [0.25, 0.3) is 11.6 Å². The molecule has 2 aromatic rings. The molecular formula is C17H24N4O2S. The van der Waals surface area contributed by atoms with Crippen molar-refractivity contribution in [2.75, 3.05) is 0 Å². The molecule has 1 amide bonds. The van der Waals surface area contributed by atoms with Gasteiger partial charge in [-0.15, -0.1) is 10.2 Å². The van der Waals surface area contributed by atoms with Crippen LogP contribution in [-0.4, -0.2) is 32.0 Å². The lowest BCUT2D eigenvalue weighted by Gasteiger charge is -2.24. The zero-order valence-corrected chi connectivity index (χ0v) is 15.0. The quantitative estimate of drug-likeness (QED) is 0.809. The molecule has 130 valence electrons. The molecule has 0 bridgehead atoms. The summed E-state index contributed by atoms with van der Waals surface area (Å²) in [6.45, 7) is 4.68. The third kappa shape index (κ3) is 3.83. The molecule has 7 heteroatoms. The van der Waals surface area contributed by atoms with Crippen molar-refractivity contribution in [3.05, 3.63) is 18.4 Å². The number of hydrogen-bond donors (Lipinski definition) is 1. The minimum absolute atomic E-state index is 0.0806. The van der Waals surface area contributed by atoms with Gasteiger partial charge in [0.25, 0.3) is 0 Å². The predicted molar refractivity (Wildman–Crippen MR) is 93.7 cm³/mol. The van der Waals surface area contributed by atoms with E-state index in [-0.39, 0.29) is 11.2 Å². The first-order valence-corrected chi connectivity index (χ1v) is 9.51. The molecule has 1 N–H and O–H groups in total. The molecule has 0 unspecified atom stereocenters. The highest BCUT2D eigenvalue weighted by Gasteiger charge is 2.23. The number of rotatable bonds is 6. The maximum atomic E-state index is 12.4. The maximum absolute atomic E-state index is 12.4. The second kappa shape index (κ2) is 7.88. The molecule has 0 aromatic carbocycles. The first-order chi connectivity index (χ1) is 11.7. The third-order valence-corrected chi connectivity index (χ3v) is 5.46. The first-order valence-electron chi connectivity index (χ1n) is 8.63. The lowest BCUT2D eigenvalue weighted by atomic mass is 9.95. The zero-order chi connectivity index (χ0) is 16.9. The summed E-state index contributed by atoms with van der Waals surface area (Å²) in [4.78, 5) is 12.4. The van der Waals surface area contributed by atoms with Gasteiger partial charge in [-0.05, 0) is 38.8 Å². The average Bonchev–Trinajstić information content (AvgIpc) is 3.24. The van der Waals surface area contributed by atoms with Crippen molar-refractivity contribution in [2.45, 2.75) is 68.9 Å². The van der Waals surface area contributed by atoms with Crippen LogP contribution in [0, 0.1) is 0 Å². The smallest absolute Gasteiger partial charge is 0.233 e. The van der Waals surface area contributed by atoms with Gasteiger partial charge >= 0.3 is 0 Å². The van der Waals surface area contributed by atoms with Gasteiger partial charge < -0.3 is 9.73 Å². The number of aromatic nitrogens is 3. The van der Waals surface area contributed by atoms with Crippen molar-refractivity contribution in [3.8, 4) is 11.6 Å². The Morgan fingerprint density at radius 3 is 2.88 bits per heavy atom. The average molecular weight is 348 g/mol. The number of amides is 1. The fourth-order valence-corrected chi connectivity index (χ4v) is 3.95. The van der Waals surface area contributed by atoms with Crippen molar-refractivity contribution in [1.82, 2.24) is 20.1 Å². The van der Waals surface area contributed by atoms with E-state index in [4.69, 9.17) is 4.42 Å². The molecule has 2 aromatic heterocycles. The highest BCUT2D eigenvalue weighted by atomic mass is 32.2. The molecular weight excluding hydrogens is 324 g/mol. The Morgan fingerprint density at radius 2 is 2.21 bits per heavy atom. The fourth-order valence-electron chi connectivity index (χ4n) is 3.03. The summed E-state index contributed by atoms with van der Waals surface area (Å²) in [5, 5.41) is 12.2. The molecule has 0 radical (unpaired) electrons. The topological polar surface area (TPSA) is 73.0 Å². The van der Waals surface area contributed by atoms with E-state index in [0.29, 0.717) is 17.6 Å². The van der Waals surface area contributed by atoms with Crippen molar-refractivity contribution < 1.29 is 9.21 Å². The summed E-state index contributed by atoms with van der Waals surface area (Å²) in [6.07, 6.45) is 7.52. The first kappa shape index (κ1) is 17.1. The summed E-state index contributed by atoms with van der Waals surface area (Å²) in [7, 11) is 0. The van der Waals surface area contributed by atoms with Crippen LogP contribution in [0.3, 0.4) is 0 Å². The van der Waals surface area contributed by atoms with Crippen LogP contribution in [-0.2, 0) is 11.3 Å². The van der Waals surface area contributed by atoms with E-state index in [1.165, 1.54) is 31.0 Å². The molecule has 1 fully saturated rings. The Bertz CT molecular complexity index is 662. The molecule has 1 saturated carbocycles. The van der Waals surface area contributed by atoms with E-state index < -0.39 is 0 Å². The van der Waals surface area contributed by atoms with Crippen LogP contribution < -0.4 is 5.32 Å². The van der Waals surface area contributed by atoms with Gasteiger partial charge in [0, 0.05) is 12.6 Å². The Balaban J connectivity index is 1.65. The summed E-state index contributed by atoms with van der Waals surface area (Å²) >= 11 is 1.45. The summed E-state index contributed by atoms with van der Waals surface area (Å²) in [6, 6.07) is 4.03. The van der Waals surface area contributed by atoms with Crippen molar-refractivity contribution in [2.24, 2.45) is 0 Å². The van der Waals surface area contributed by atoms with Crippen LogP contribution in [0.2, 0.25) is 0 Å². The van der Waals surface area contributed by atoms with Gasteiger partial charge in [-0.2, -0.15) is 0 Å². The summed E-state index contributed by atoms with van der Waals surface area (Å²) in [5.74, 6) is 1.47. The van der Waals surface area contributed by atoms with Crippen LogP contribution in [0.15, 0.2) is 28.0 Å². The van der Waals surface area contributed by atoms with Gasteiger partial charge in [0.05, 0.1) is 11.5 Å². The summed E-state index contributed by atoms with van der Waals surface area (Å²) < 4.78 is 7.40. The van der Waals surface area contributed by atoms with E-state index in [9.17, 15) is 4.79 Å². The van der Waals surface area contributed by atoms with Crippen molar-refractivity contribution in [1.29, 1.82) is 0 Å². The molecule has 1 aliphatic carbocycles. The van der Waals surface area contributed by atoms with E-state index in [2.05, 4.69) is 15.5 Å². The third-order valence-electron chi connectivity index (χ3n) is 4.38. The Hall–Kier alpha value is -1.76. The van der Waals surface area contributed by atoms with E-state index in [1.807, 2.05) is 30.5 Å². The van der Waals surface area contributed by atoms with Gasteiger partial charge in [-0.1, -0.05) is 31.0 Å². The number of furan rings is 1. The van der Waals surface area contributed by atoms with Gasteiger partial charge in [-0.25, -0.2) is 0 Å². The number of hydrogen-bond acceptors (Lipinski definition) is 5. The molecule has 3 rings (SSSR count). The Morgan fingerprint density at radius 1 is 1.42 bits per heavy atom. The SMILES string of the molecule is CCn1c(S[C@H](C)C(=O)NC2CCCCC2)nnc1-c1ccco1. The standard InChI is InChI=1S/C17H24N4O2S/c1-3-21-15(14-10-7-11-23-14)19-20-17(21)24-12(2)16(22)18-13-8-5-4-6-9-13/h7,10-13H,3-6,8-9H2,1-2H3,(H,18,22)/t12-/m1/s1. The molecule has 1 atom stereocenters. The monoisotopic (exact) mass is 348 g/mol. The minimum atomic E-state index is -0.203. The number of carbonyl (C=O) groups excluding carboxylic acids is 1. The highest BCUT2D eigenvalue weighted by Crippen LogP contribution is 2.27. The van der Waals surface area contributed by atoms with Crippen molar-refractivity contribution >= 4 is 17.7 Å². The second-order valence-electron chi connectivity index (χ2n) is 6.13. The van der Waals surface area contributed by atoms with Gasteiger partial charge in [0.1, 0.15) is 0 Å². The highest BCUT2D eigenvalue weighted by molar-refractivity contribution is 8.00. The van der Waals surface area contributed by atoms with E-state index in [0.717, 1.165) is 24.5 Å². The summed E-state index contributed by atoms with van der Waals surface area (Å²) in [5.41, 5.74) is 0. The lowest BCUT2D eigenvalue weighted by molar-refractivity contribution is -0.121. The van der Waals surface area contributed by atoms with Crippen LogP contribution in [0.1, 0.15) is 46.0 Å². The molecule has 6 nitrogen and oxygen atoms in total. The molecule has 0 spiro atoms. The second-order valence-corrected chi connectivity index (χ2v) is 7.44. The van der Waals surface area contributed by atoms with E-state index >= 15 is 0 Å². The van der Waals surface area contributed by atoms with Crippen LogP contribution >= 0.6 is 11.8 Å². The zero-order valence-electron chi connectivity index (χ0n) is 14.2. The Kier molecular flexibility index (Phi) is 5.60. The lowest BCUT2D eigenvalue weighted by Crippen LogP contribution is -2.40. The van der Waals surface area contributed by atoms with Crippen molar-refractivity contribution in [3.63, 3.8) is 0 Å². The molecule has 24 heavy (non-hydrogen) atoms. The molecule has 2 heterocycles. The van der Waals surface area contributed by atoms with Gasteiger partial charge in [-0.3, -0.25) is 9.36 Å². The maximum Gasteiger partial charge on any atom is 0.233 e. The fraction of sp³-hybridized carbons (Fsp3) is 0.588. The number of carbonyl (C=O) groups is 1. The van der Waals surface area contributed by atoms with Gasteiger partial charge in [0.2, 0.25) is 5.91 Å². The molecule has 1 aliphatic rings. The van der Waals surface area contributed by atoms with Crippen LogP contribution in [0.5, 0.6) is 0 Å². The predicted octanol–water partition coefficient (Wildman–Crippen LogP) is 3.49. The largest absolute Gasteiger partial charge is 0.461 e. The number of nitrogens with zero attached hydrogens (tertiary/aromatic N) is 3. The molecule has 0 aliphatic heterocycles. The Labute approximate surface area is 146 Å². The normalized spacial score (nSPS) is 16.9. The van der Waals surface area contributed by atoms with Gasteiger partial charge in [0.15, 0.2) is 16.7 Å². The number of thioether (sulfide) groups is 1.